The third-order valence-corrected chi connectivity index (χ3v) is 19.6. The molecule has 594 valence electrons. The second kappa shape index (κ2) is 63.4. The number of carbonyl (C=O) groups excluding carboxylic acids is 1. The van der Waals surface area contributed by atoms with Gasteiger partial charge in [-0.15, -0.1) is 0 Å². The summed E-state index contributed by atoms with van der Waals surface area (Å²) in [7, 11) is 0. The fraction of sp³-hybridized carbons (Fsp3) is 0.774. The smallest absolute Gasteiger partial charge is 0.220 e. The van der Waals surface area contributed by atoms with Crippen molar-refractivity contribution in [3.63, 3.8) is 0 Å². The third-order valence-electron chi connectivity index (χ3n) is 19.6. The van der Waals surface area contributed by atoms with Crippen molar-refractivity contribution in [1.29, 1.82) is 0 Å². The van der Waals surface area contributed by atoms with Crippen LogP contribution >= 0.6 is 0 Å². The van der Waals surface area contributed by atoms with Gasteiger partial charge in [-0.3, -0.25) is 4.79 Å². The Morgan fingerprint density at radius 2 is 0.670 bits per heavy atom. The van der Waals surface area contributed by atoms with Crippen LogP contribution in [0.25, 0.3) is 0 Å². The van der Waals surface area contributed by atoms with Crippen LogP contribution in [-0.2, 0) is 33.2 Å². The molecule has 0 aromatic heterocycles. The van der Waals surface area contributed by atoms with Gasteiger partial charge in [-0.2, -0.15) is 0 Å². The first-order valence-corrected chi connectivity index (χ1v) is 40.6. The highest BCUT2D eigenvalue weighted by atomic mass is 16.8. The Balaban J connectivity index is 1.39. The summed E-state index contributed by atoms with van der Waals surface area (Å²) in [5.41, 5.74) is 0. The maximum Gasteiger partial charge on any atom is 0.220 e. The van der Waals surface area contributed by atoms with Crippen LogP contribution < -0.4 is 5.32 Å². The Morgan fingerprint density at radius 3 is 1.05 bits per heavy atom. The van der Waals surface area contributed by atoms with Gasteiger partial charge in [0.15, 0.2) is 18.9 Å². The SMILES string of the molecule is CC/C=C\C/C=C\C/C=C\C/C=C\C/C=C\C/C=C\C/C=C\C/C=C\CCCCCCCCCCC(=O)NC(COC1OC(CO)C(OC2OC(CO)C(OC3OC(CO)C(O)C(O)C3O)C(O)C2O)C(O)C1O)C(O)/C=C/CCCCCCCCCCCCCCCCCCCCCCCCC. The van der Waals surface area contributed by atoms with Crippen molar-refractivity contribution in [3.05, 3.63) is 109 Å². The lowest BCUT2D eigenvalue weighted by Crippen LogP contribution is -2.66. The van der Waals surface area contributed by atoms with Crippen LogP contribution in [0.1, 0.15) is 284 Å². The van der Waals surface area contributed by atoms with Gasteiger partial charge in [0.2, 0.25) is 5.91 Å². The molecule has 17 unspecified atom stereocenters. The zero-order valence-electron chi connectivity index (χ0n) is 63.5. The predicted molar refractivity (Wildman–Crippen MR) is 410 cm³/mol. The fourth-order valence-electron chi connectivity index (χ4n) is 13.1. The molecule has 17 atom stereocenters. The standard InChI is InChI=1S/C84H145NO18/c1-3-5-7-9-11-13-15-17-19-21-23-25-27-29-30-31-32-33-34-35-36-38-40-42-44-46-48-50-52-54-56-58-60-62-72(90)85-67(68(89)61-59-57-55-53-51-49-47-45-43-41-39-37-28-26-24-22-20-18-16-14-12-10-8-6-4-2)66-98-82-78(96)75(93)80(70(64-87)100-82)103-84-79(97)76(94)81(71(65-88)101-84)102-83-77(95)74(92)73(91)69(63-86)99-83/h5,7,11,13,17,19,23,25,29-30,32-33,35-36,40,42,59,61,67-71,73-84,86-89,91-97H,3-4,6,8-10,12,14-16,18,20-22,24,26-28,31,34,37-39,41,43-58,60,62-66H2,1-2H3,(H,85,90)/b7-5-,13-11-,19-17-,25-23-,30-29-,33-32-,36-35-,42-40-,61-59+. The lowest BCUT2D eigenvalue weighted by atomic mass is 9.96. The van der Waals surface area contributed by atoms with Gasteiger partial charge in [-0.25, -0.2) is 0 Å². The summed E-state index contributed by atoms with van der Waals surface area (Å²) in [4.78, 5) is 13.5. The number of amides is 1. The third kappa shape index (κ3) is 43.3. The molecule has 1 amide bonds. The number of nitrogens with one attached hydrogen (secondary N) is 1. The van der Waals surface area contributed by atoms with E-state index in [1.165, 1.54) is 141 Å². The first-order chi connectivity index (χ1) is 50.3. The van der Waals surface area contributed by atoms with Crippen molar-refractivity contribution >= 4 is 5.91 Å². The van der Waals surface area contributed by atoms with Crippen LogP contribution in [0.3, 0.4) is 0 Å². The van der Waals surface area contributed by atoms with Crippen LogP contribution in [0.2, 0.25) is 0 Å². The molecule has 0 radical (unpaired) electrons. The van der Waals surface area contributed by atoms with E-state index >= 15 is 0 Å². The zero-order chi connectivity index (χ0) is 74.6. The minimum atomic E-state index is -1.98. The van der Waals surface area contributed by atoms with Gasteiger partial charge in [0.25, 0.3) is 0 Å². The van der Waals surface area contributed by atoms with Gasteiger partial charge >= 0.3 is 0 Å². The van der Waals surface area contributed by atoms with Crippen LogP contribution in [0.15, 0.2) is 109 Å². The van der Waals surface area contributed by atoms with Crippen molar-refractivity contribution in [2.75, 3.05) is 26.4 Å². The summed E-state index contributed by atoms with van der Waals surface area (Å²) in [6.07, 6.45) is 60.6. The van der Waals surface area contributed by atoms with Crippen LogP contribution in [0.5, 0.6) is 0 Å². The summed E-state index contributed by atoms with van der Waals surface area (Å²) < 4.78 is 34.5. The van der Waals surface area contributed by atoms with Gasteiger partial charge < -0.3 is 89.9 Å². The number of hydrogen-bond donors (Lipinski definition) is 12. The van der Waals surface area contributed by atoms with E-state index in [0.29, 0.717) is 6.42 Å². The average molecular weight is 1460 g/mol. The average Bonchev–Trinajstić information content (AvgIpc) is 0.781. The second-order valence-electron chi connectivity index (χ2n) is 28.5. The van der Waals surface area contributed by atoms with Crippen molar-refractivity contribution in [2.24, 2.45) is 0 Å². The zero-order valence-corrected chi connectivity index (χ0v) is 63.5. The monoisotopic (exact) mass is 1460 g/mol. The van der Waals surface area contributed by atoms with Crippen molar-refractivity contribution in [3.8, 4) is 0 Å². The van der Waals surface area contributed by atoms with E-state index in [1.807, 2.05) is 6.08 Å². The maximum atomic E-state index is 13.5. The number of aliphatic hydroxyl groups excluding tert-OH is 11. The van der Waals surface area contributed by atoms with Crippen molar-refractivity contribution in [2.45, 2.75) is 388 Å². The Kier molecular flexibility index (Phi) is 57.6. The molecular weight excluding hydrogens is 1310 g/mol. The molecule has 0 bridgehead atoms. The lowest BCUT2D eigenvalue weighted by Gasteiger charge is -2.48. The van der Waals surface area contributed by atoms with Crippen LogP contribution in [0, 0.1) is 0 Å². The molecule has 3 aliphatic heterocycles. The minimum absolute atomic E-state index is 0.227. The fourth-order valence-corrected chi connectivity index (χ4v) is 13.1. The topological polar surface area (TPSA) is 307 Å². The summed E-state index contributed by atoms with van der Waals surface area (Å²) in [5.74, 6) is -0.286. The molecule has 3 rings (SSSR count). The highest BCUT2D eigenvalue weighted by Gasteiger charge is 2.54. The Labute approximate surface area is 621 Å². The number of aliphatic hydroxyl groups is 11. The van der Waals surface area contributed by atoms with Gasteiger partial charge in [0.1, 0.15) is 73.2 Å². The number of ether oxygens (including phenoxy) is 6. The molecule has 19 heteroatoms. The summed E-state index contributed by atoms with van der Waals surface area (Å²) in [5, 5.41) is 121. The molecular formula is C84H145NO18. The first-order valence-electron chi connectivity index (χ1n) is 40.6. The molecule has 3 fully saturated rings. The number of rotatable bonds is 63. The number of carbonyl (C=O) groups is 1. The minimum Gasteiger partial charge on any atom is -0.394 e. The van der Waals surface area contributed by atoms with Gasteiger partial charge in [-0.05, 0) is 83.5 Å². The highest BCUT2D eigenvalue weighted by molar-refractivity contribution is 5.76. The lowest BCUT2D eigenvalue weighted by molar-refractivity contribution is -0.379. The molecule has 3 aliphatic rings. The molecule has 0 aliphatic carbocycles. The summed E-state index contributed by atoms with van der Waals surface area (Å²) in [6.45, 7) is 1.64. The molecule has 0 aromatic carbocycles. The van der Waals surface area contributed by atoms with E-state index < -0.39 is 124 Å². The van der Waals surface area contributed by atoms with Crippen LogP contribution in [-0.4, -0.2) is 193 Å². The Hall–Kier alpha value is -3.55. The molecule has 0 aromatic rings. The van der Waals surface area contributed by atoms with E-state index in [2.05, 4.69) is 116 Å². The van der Waals surface area contributed by atoms with Gasteiger partial charge in [0.05, 0.1) is 38.6 Å². The summed E-state index contributed by atoms with van der Waals surface area (Å²) >= 11 is 0. The normalized spacial score (nSPS) is 26.6. The Morgan fingerprint density at radius 1 is 0.359 bits per heavy atom. The van der Waals surface area contributed by atoms with E-state index in [4.69, 9.17) is 28.4 Å². The second-order valence-corrected chi connectivity index (χ2v) is 28.5. The maximum absolute atomic E-state index is 13.5. The van der Waals surface area contributed by atoms with Crippen LogP contribution in [0.4, 0.5) is 0 Å². The quantitative estimate of drug-likeness (QED) is 0.0199. The van der Waals surface area contributed by atoms with Crippen molar-refractivity contribution in [1.82, 2.24) is 5.32 Å². The molecule has 3 saturated heterocycles. The van der Waals surface area contributed by atoms with E-state index in [9.17, 15) is 61.0 Å². The number of hydrogen-bond acceptors (Lipinski definition) is 18. The van der Waals surface area contributed by atoms with E-state index in [1.54, 1.807) is 6.08 Å². The molecule has 3 heterocycles. The molecule has 12 N–H and O–H groups in total. The predicted octanol–water partition coefficient (Wildman–Crippen LogP) is 13.7. The van der Waals surface area contributed by atoms with Crippen molar-refractivity contribution < 1.29 is 89.4 Å². The van der Waals surface area contributed by atoms with Gasteiger partial charge in [-0.1, -0.05) is 303 Å². The molecule has 103 heavy (non-hydrogen) atoms. The van der Waals surface area contributed by atoms with E-state index in [0.717, 1.165) is 116 Å². The largest absolute Gasteiger partial charge is 0.394 e. The van der Waals surface area contributed by atoms with Gasteiger partial charge in [0, 0.05) is 6.42 Å². The molecule has 19 nitrogen and oxygen atoms in total. The molecule has 0 spiro atoms. The molecule has 0 saturated carbocycles. The first kappa shape index (κ1) is 93.7. The highest BCUT2D eigenvalue weighted by Crippen LogP contribution is 2.33. The number of allylic oxidation sites excluding steroid dienone is 17. The van der Waals surface area contributed by atoms with E-state index in [-0.39, 0.29) is 18.9 Å². The number of unbranched alkanes of at least 4 members (excludes halogenated alkanes) is 31. The Bertz CT molecular complexity index is 2290. The summed E-state index contributed by atoms with van der Waals surface area (Å²) in [6, 6.07) is -0.987.